The van der Waals surface area contributed by atoms with Gasteiger partial charge in [-0.25, -0.2) is 9.97 Å². The average Bonchev–Trinajstić information content (AvgIpc) is 2.36. The molecular weight excluding hydrogens is 254 g/mol. The van der Waals surface area contributed by atoms with Crippen LogP contribution in [0, 0.1) is 20.8 Å². The number of nitrogens with two attached hydrogens (primary N) is 1. The molecule has 3 nitrogen and oxygen atoms in total. The molecule has 0 radical (unpaired) electrons. The van der Waals surface area contributed by atoms with Gasteiger partial charge >= 0.3 is 0 Å². The molecule has 1 aromatic heterocycles. The van der Waals surface area contributed by atoms with Crippen molar-refractivity contribution >= 4 is 11.8 Å². The molecule has 1 aromatic carbocycles. The van der Waals surface area contributed by atoms with E-state index in [1.165, 1.54) is 16.7 Å². The zero-order valence-electron chi connectivity index (χ0n) is 11.6. The van der Waals surface area contributed by atoms with Gasteiger partial charge in [0, 0.05) is 24.2 Å². The van der Waals surface area contributed by atoms with E-state index >= 15 is 0 Å². The summed E-state index contributed by atoms with van der Waals surface area (Å²) in [5.41, 5.74) is 11.0. The van der Waals surface area contributed by atoms with Crippen molar-refractivity contribution in [1.82, 2.24) is 9.97 Å². The number of benzene rings is 1. The molecule has 1 atom stereocenters. The predicted octanol–water partition coefficient (Wildman–Crippen LogP) is 3.19. The van der Waals surface area contributed by atoms with Crippen molar-refractivity contribution in [2.24, 2.45) is 5.73 Å². The first kappa shape index (κ1) is 14.0. The minimum Gasteiger partial charge on any atom is -0.323 e. The maximum absolute atomic E-state index is 6.23. The number of hydrogen-bond acceptors (Lipinski definition) is 4. The summed E-state index contributed by atoms with van der Waals surface area (Å²) in [5, 5.41) is 0.783. The molecule has 0 fully saturated rings. The van der Waals surface area contributed by atoms with E-state index in [0.29, 0.717) is 0 Å². The minimum absolute atomic E-state index is 0.00787. The normalized spacial score (nSPS) is 12.4. The van der Waals surface area contributed by atoms with Crippen molar-refractivity contribution in [3.63, 3.8) is 0 Å². The Morgan fingerprint density at radius 1 is 1.00 bits per heavy atom. The molecule has 0 saturated carbocycles. The van der Waals surface area contributed by atoms with Crippen LogP contribution in [0.1, 0.15) is 28.3 Å². The Morgan fingerprint density at radius 2 is 1.58 bits per heavy atom. The molecule has 0 saturated heterocycles. The highest BCUT2D eigenvalue weighted by atomic mass is 32.2. The first-order valence-electron chi connectivity index (χ1n) is 6.30. The summed E-state index contributed by atoms with van der Waals surface area (Å²) in [6.45, 7) is 6.18. The molecule has 1 unspecified atom stereocenters. The molecule has 4 heteroatoms. The quantitative estimate of drug-likeness (QED) is 0.686. The molecule has 0 bridgehead atoms. The summed E-state index contributed by atoms with van der Waals surface area (Å²) in [7, 11) is 0. The molecule has 2 rings (SSSR count). The van der Waals surface area contributed by atoms with Crippen LogP contribution in [0.3, 0.4) is 0 Å². The summed E-state index contributed by atoms with van der Waals surface area (Å²) >= 11 is 1.60. The van der Waals surface area contributed by atoms with Crippen LogP contribution in [0.25, 0.3) is 0 Å². The van der Waals surface area contributed by atoms with Gasteiger partial charge in [-0.1, -0.05) is 41.1 Å². The summed E-state index contributed by atoms with van der Waals surface area (Å²) < 4.78 is 0. The van der Waals surface area contributed by atoms with Gasteiger partial charge in [-0.15, -0.1) is 0 Å². The fourth-order valence-corrected chi connectivity index (χ4v) is 2.72. The molecule has 2 N–H and O–H groups in total. The van der Waals surface area contributed by atoms with Gasteiger partial charge in [0.05, 0.1) is 0 Å². The van der Waals surface area contributed by atoms with Gasteiger partial charge in [0.15, 0.2) is 5.16 Å². The summed E-state index contributed by atoms with van der Waals surface area (Å²) in [4.78, 5) is 8.55. The third kappa shape index (κ3) is 4.04. The molecule has 0 spiro atoms. The molecule has 1 heterocycles. The van der Waals surface area contributed by atoms with Gasteiger partial charge in [-0.05, 0) is 31.9 Å². The van der Waals surface area contributed by atoms with E-state index in [2.05, 4.69) is 42.0 Å². The first-order chi connectivity index (χ1) is 9.04. The maximum Gasteiger partial charge on any atom is 0.187 e. The number of aryl methyl sites for hydroxylation is 3. The molecule has 0 amide bonds. The standard InChI is InChI=1S/C15H19N3S/c1-10-4-11(2)6-13(5-10)14(16)9-19-15-17-7-12(3)8-18-15/h4-8,14H,9,16H2,1-3H3. The van der Waals surface area contributed by atoms with E-state index in [4.69, 9.17) is 5.73 Å². The second-order valence-corrected chi connectivity index (χ2v) is 5.87. The van der Waals surface area contributed by atoms with E-state index in [1.54, 1.807) is 11.8 Å². The minimum atomic E-state index is 0.00787. The second kappa shape index (κ2) is 6.17. The highest BCUT2D eigenvalue weighted by Crippen LogP contribution is 2.22. The number of aromatic nitrogens is 2. The zero-order valence-corrected chi connectivity index (χ0v) is 12.4. The summed E-state index contributed by atoms with van der Waals surface area (Å²) in [6, 6.07) is 6.46. The maximum atomic E-state index is 6.23. The Bertz CT molecular complexity index is 532. The lowest BCUT2D eigenvalue weighted by Gasteiger charge is -2.13. The fourth-order valence-electron chi connectivity index (χ4n) is 1.94. The fraction of sp³-hybridized carbons (Fsp3) is 0.333. The van der Waals surface area contributed by atoms with Crippen LogP contribution in [-0.4, -0.2) is 15.7 Å². The monoisotopic (exact) mass is 273 g/mol. The Kier molecular flexibility index (Phi) is 4.56. The van der Waals surface area contributed by atoms with E-state index < -0.39 is 0 Å². The van der Waals surface area contributed by atoms with Crippen molar-refractivity contribution in [2.45, 2.75) is 32.0 Å². The largest absolute Gasteiger partial charge is 0.323 e. The highest BCUT2D eigenvalue weighted by Gasteiger charge is 2.09. The predicted molar refractivity (Wildman–Crippen MR) is 80.3 cm³/mol. The molecule has 19 heavy (non-hydrogen) atoms. The van der Waals surface area contributed by atoms with Gasteiger partial charge in [0.1, 0.15) is 0 Å². The van der Waals surface area contributed by atoms with Crippen molar-refractivity contribution in [2.75, 3.05) is 5.75 Å². The first-order valence-corrected chi connectivity index (χ1v) is 7.28. The number of hydrogen-bond donors (Lipinski definition) is 1. The van der Waals surface area contributed by atoms with Crippen molar-refractivity contribution in [3.05, 3.63) is 52.8 Å². The Hall–Kier alpha value is -1.39. The SMILES string of the molecule is Cc1cnc(SCC(N)c2cc(C)cc(C)c2)nc1. The lowest BCUT2D eigenvalue weighted by Crippen LogP contribution is -2.13. The molecular formula is C15H19N3S. The Labute approximate surface area is 118 Å². The van der Waals surface area contributed by atoms with Gasteiger partial charge in [0.25, 0.3) is 0 Å². The van der Waals surface area contributed by atoms with E-state index in [1.807, 2.05) is 19.3 Å². The Morgan fingerprint density at radius 3 is 2.16 bits per heavy atom. The Balaban J connectivity index is 2.00. The molecule has 0 aliphatic carbocycles. The second-order valence-electron chi connectivity index (χ2n) is 4.88. The third-order valence-corrected chi connectivity index (χ3v) is 3.82. The van der Waals surface area contributed by atoms with Crippen LogP contribution in [-0.2, 0) is 0 Å². The van der Waals surface area contributed by atoms with Crippen LogP contribution in [0.2, 0.25) is 0 Å². The zero-order chi connectivity index (χ0) is 13.8. The van der Waals surface area contributed by atoms with Crippen LogP contribution in [0.5, 0.6) is 0 Å². The molecule has 2 aromatic rings. The molecule has 0 aliphatic rings. The van der Waals surface area contributed by atoms with Crippen molar-refractivity contribution < 1.29 is 0 Å². The van der Waals surface area contributed by atoms with Crippen molar-refractivity contribution in [1.29, 1.82) is 0 Å². The smallest absolute Gasteiger partial charge is 0.187 e. The van der Waals surface area contributed by atoms with Crippen LogP contribution in [0.15, 0.2) is 35.7 Å². The van der Waals surface area contributed by atoms with Gasteiger partial charge in [-0.2, -0.15) is 0 Å². The topological polar surface area (TPSA) is 51.8 Å². The third-order valence-electron chi connectivity index (χ3n) is 2.82. The lowest BCUT2D eigenvalue weighted by atomic mass is 10.0. The molecule has 0 aliphatic heterocycles. The summed E-state index contributed by atoms with van der Waals surface area (Å²) in [6.07, 6.45) is 3.66. The van der Waals surface area contributed by atoms with E-state index in [-0.39, 0.29) is 6.04 Å². The van der Waals surface area contributed by atoms with Crippen LogP contribution >= 0.6 is 11.8 Å². The van der Waals surface area contributed by atoms with Gasteiger partial charge < -0.3 is 5.73 Å². The van der Waals surface area contributed by atoms with E-state index in [0.717, 1.165) is 16.5 Å². The van der Waals surface area contributed by atoms with E-state index in [9.17, 15) is 0 Å². The molecule has 100 valence electrons. The van der Waals surface area contributed by atoms with Gasteiger partial charge in [-0.3, -0.25) is 0 Å². The van der Waals surface area contributed by atoms with Crippen molar-refractivity contribution in [3.8, 4) is 0 Å². The highest BCUT2D eigenvalue weighted by molar-refractivity contribution is 7.99. The summed E-state index contributed by atoms with van der Waals surface area (Å²) in [5.74, 6) is 0.784. The lowest BCUT2D eigenvalue weighted by molar-refractivity contribution is 0.823. The average molecular weight is 273 g/mol. The van der Waals surface area contributed by atoms with Crippen LogP contribution < -0.4 is 5.73 Å². The number of rotatable bonds is 4. The number of thioether (sulfide) groups is 1. The number of nitrogens with zero attached hydrogens (tertiary/aromatic N) is 2. The van der Waals surface area contributed by atoms with Gasteiger partial charge in [0.2, 0.25) is 0 Å². The van der Waals surface area contributed by atoms with Crippen LogP contribution in [0.4, 0.5) is 0 Å².